The topological polar surface area (TPSA) is 30.9 Å². The van der Waals surface area contributed by atoms with Crippen LogP contribution in [0.15, 0.2) is 66.7 Å². The third-order valence-corrected chi connectivity index (χ3v) is 7.54. The van der Waals surface area contributed by atoms with E-state index in [0.29, 0.717) is 0 Å². The summed E-state index contributed by atoms with van der Waals surface area (Å²) in [7, 11) is 1.72. The maximum absolute atomic E-state index is 6.01. The van der Waals surface area contributed by atoms with Gasteiger partial charge in [0, 0.05) is 30.6 Å². The second-order valence-corrected chi connectivity index (χ2v) is 9.65. The predicted molar refractivity (Wildman–Crippen MR) is 136 cm³/mol. The number of nitrogens with zero attached hydrogens (tertiary/aromatic N) is 1. The number of rotatable bonds is 4. The molecule has 2 atom stereocenters. The molecule has 6 rings (SSSR count). The van der Waals surface area contributed by atoms with Gasteiger partial charge in [-0.25, -0.2) is 0 Å². The van der Waals surface area contributed by atoms with Gasteiger partial charge in [-0.2, -0.15) is 0 Å². The minimum absolute atomic E-state index is 0.237. The Morgan fingerprint density at radius 1 is 0.912 bits per heavy atom. The lowest BCUT2D eigenvalue weighted by Gasteiger charge is -2.37. The molecule has 0 N–H and O–H groups in total. The maximum Gasteiger partial charge on any atom is 0.123 e. The lowest BCUT2D eigenvalue weighted by atomic mass is 9.67. The van der Waals surface area contributed by atoms with Crippen LogP contribution in [0.4, 0.5) is 5.69 Å². The van der Waals surface area contributed by atoms with Crippen LogP contribution >= 0.6 is 0 Å². The SMILES string of the molecule is COc1ccc(C2(c3ccc4c(c3)CC(C)O4)C=Cc3ccc(N4CCOCC4)cc3C2)cc1. The summed E-state index contributed by atoms with van der Waals surface area (Å²) in [4.78, 5) is 2.44. The highest BCUT2D eigenvalue weighted by Gasteiger charge is 2.36. The van der Waals surface area contributed by atoms with Crippen molar-refractivity contribution in [1.82, 2.24) is 0 Å². The average molecular weight is 454 g/mol. The minimum atomic E-state index is -0.246. The number of allylic oxidation sites excluding steroid dienone is 1. The number of ether oxygens (including phenoxy) is 3. The Hall–Kier alpha value is -3.24. The first kappa shape index (κ1) is 21.3. The van der Waals surface area contributed by atoms with Gasteiger partial charge in [0.05, 0.1) is 20.3 Å². The van der Waals surface area contributed by atoms with Gasteiger partial charge < -0.3 is 19.1 Å². The molecule has 1 aliphatic carbocycles. The van der Waals surface area contributed by atoms with Gasteiger partial charge in [-0.15, -0.1) is 0 Å². The summed E-state index contributed by atoms with van der Waals surface area (Å²) in [5.74, 6) is 1.90. The van der Waals surface area contributed by atoms with E-state index in [-0.39, 0.29) is 11.5 Å². The molecule has 0 radical (unpaired) electrons. The summed E-state index contributed by atoms with van der Waals surface area (Å²) in [6.45, 7) is 5.62. The number of anilines is 1. The fraction of sp³-hybridized carbons (Fsp3) is 0.333. The van der Waals surface area contributed by atoms with Crippen molar-refractivity contribution in [3.8, 4) is 11.5 Å². The van der Waals surface area contributed by atoms with Gasteiger partial charge in [0.15, 0.2) is 0 Å². The number of methoxy groups -OCH3 is 1. The van der Waals surface area contributed by atoms with E-state index in [9.17, 15) is 0 Å². The fourth-order valence-electron chi connectivity index (χ4n) is 5.67. The Morgan fingerprint density at radius 2 is 1.71 bits per heavy atom. The molecule has 0 aromatic heterocycles. The highest BCUT2D eigenvalue weighted by molar-refractivity contribution is 5.68. The summed E-state index contributed by atoms with van der Waals surface area (Å²) < 4.78 is 17.0. The lowest BCUT2D eigenvalue weighted by Crippen LogP contribution is -2.36. The van der Waals surface area contributed by atoms with Crippen LogP contribution in [0.5, 0.6) is 11.5 Å². The van der Waals surface area contributed by atoms with Gasteiger partial charge in [0.1, 0.15) is 17.6 Å². The van der Waals surface area contributed by atoms with Crippen molar-refractivity contribution in [3.63, 3.8) is 0 Å². The van der Waals surface area contributed by atoms with Crippen LogP contribution in [-0.4, -0.2) is 39.5 Å². The van der Waals surface area contributed by atoms with Gasteiger partial charge >= 0.3 is 0 Å². The molecule has 1 fully saturated rings. The van der Waals surface area contributed by atoms with Crippen molar-refractivity contribution in [2.75, 3.05) is 38.3 Å². The predicted octanol–water partition coefficient (Wildman–Crippen LogP) is 5.41. The summed E-state index contributed by atoms with van der Waals surface area (Å²) in [5, 5.41) is 0. The van der Waals surface area contributed by atoms with E-state index < -0.39 is 0 Å². The molecule has 0 spiro atoms. The Labute approximate surface area is 201 Å². The third-order valence-electron chi connectivity index (χ3n) is 7.54. The van der Waals surface area contributed by atoms with Crippen LogP contribution < -0.4 is 14.4 Å². The Kier molecular flexibility index (Phi) is 5.34. The Bertz CT molecular complexity index is 1230. The van der Waals surface area contributed by atoms with Gasteiger partial charge in [-0.05, 0) is 71.5 Å². The van der Waals surface area contributed by atoms with E-state index in [1.54, 1.807) is 7.11 Å². The molecule has 0 bridgehead atoms. The van der Waals surface area contributed by atoms with E-state index in [0.717, 1.165) is 50.6 Å². The zero-order chi connectivity index (χ0) is 23.1. The van der Waals surface area contributed by atoms with E-state index in [1.807, 2.05) is 0 Å². The fourth-order valence-corrected chi connectivity index (χ4v) is 5.67. The maximum atomic E-state index is 6.01. The first-order chi connectivity index (χ1) is 16.6. The molecule has 3 aliphatic rings. The number of hydrogen-bond acceptors (Lipinski definition) is 4. The van der Waals surface area contributed by atoms with E-state index in [1.165, 1.54) is 33.5 Å². The largest absolute Gasteiger partial charge is 0.497 e. The van der Waals surface area contributed by atoms with Crippen LogP contribution in [0.3, 0.4) is 0 Å². The molecule has 4 heteroatoms. The van der Waals surface area contributed by atoms with Crippen LogP contribution in [0.1, 0.15) is 34.7 Å². The highest BCUT2D eigenvalue weighted by Crippen LogP contribution is 2.44. The van der Waals surface area contributed by atoms with Crippen molar-refractivity contribution in [2.45, 2.75) is 31.3 Å². The molecule has 3 aromatic carbocycles. The second-order valence-electron chi connectivity index (χ2n) is 9.65. The molecule has 4 nitrogen and oxygen atoms in total. The molecule has 34 heavy (non-hydrogen) atoms. The summed E-state index contributed by atoms with van der Waals surface area (Å²) in [6, 6.07) is 22.3. The van der Waals surface area contributed by atoms with Crippen LogP contribution in [0.2, 0.25) is 0 Å². The van der Waals surface area contributed by atoms with E-state index in [2.05, 4.69) is 84.6 Å². The monoisotopic (exact) mass is 453 g/mol. The van der Waals surface area contributed by atoms with Gasteiger partial charge in [0.2, 0.25) is 0 Å². The first-order valence-corrected chi connectivity index (χ1v) is 12.2. The quantitative estimate of drug-likeness (QED) is 0.529. The van der Waals surface area contributed by atoms with E-state index in [4.69, 9.17) is 14.2 Å². The molecule has 3 aromatic rings. The normalized spacial score (nSPS) is 23.2. The first-order valence-electron chi connectivity index (χ1n) is 12.2. The Morgan fingerprint density at radius 3 is 2.50 bits per heavy atom. The molecule has 2 unspecified atom stereocenters. The Balaban J connectivity index is 1.45. The second kappa shape index (κ2) is 8.52. The molecular weight excluding hydrogens is 422 g/mol. The molecule has 174 valence electrons. The van der Waals surface area contributed by atoms with Gasteiger partial charge in [-0.1, -0.05) is 42.5 Å². The van der Waals surface area contributed by atoms with Crippen molar-refractivity contribution in [3.05, 3.63) is 94.6 Å². The van der Waals surface area contributed by atoms with Crippen molar-refractivity contribution in [2.24, 2.45) is 0 Å². The van der Waals surface area contributed by atoms with Crippen LogP contribution in [0.25, 0.3) is 6.08 Å². The van der Waals surface area contributed by atoms with E-state index >= 15 is 0 Å². The number of morpholine rings is 1. The van der Waals surface area contributed by atoms with Gasteiger partial charge in [0.25, 0.3) is 0 Å². The highest BCUT2D eigenvalue weighted by atomic mass is 16.5. The van der Waals surface area contributed by atoms with Gasteiger partial charge in [-0.3, -0.25) is 0 Å². The molecule has 2 aliphatic heterocycles. The lowest BCUT2D eigenvalue weighted by molar-refractivity contribution is 0.122. The number of benzene rings is 3. The summed E-state index contributed by atoms with van der Waals surface area (Å²) in [6.07, 6.45) is 6.81. The zero-order valence-corrected chi connectivity index (χ0v) is 19.9. The number of fused-ring (bicyclic) bond motifs is 2. The third kappa shape index (κ3) is 3.67. The summed E-state index contributed by atoms with van der Waals surface area (Å²) >= 11 is 0. The van der Waals surface area contributed by atoms with Crippen molar-refractivity contribution >= 4 is 11.8 Å². The number of hydrogen-bond donors (Lipinski definition) is 0. The van der Waals surface area contributed by atoms with Crippen LogP contribution in [0, 0.1) is 0 Å². The van der Waals surface area contributed by atoms with Crippen molar-refractivity contribution in [1.29, 1.82) is 0 Å². The summed E-state index contributed by atoms with van der Waals surface area (Å²) in [5.41, 5.74) is 7.62. The standard InChI is InChI=1S/C30H31NO3/c1-21-17-23-18-26(6-10-29(23)34-21)30(25-4-8-28(32-2)9-5-25)12-11-22-3-7-27(19-24(22)20-30)31-13-15-33-16-14-31/h3-12,18-19,21H,13-17,20H2,1-2H3. The average Bonchev–Trinajstić information content (AvgIpc) is 3.28. The smallest absolute Gasteiger partial charge is 0.123 e. The molecule has 0 amide bonds. The molecule has 0 saturated carbocycles. The van der Waals surface area contributed by atoms with Crippen LogP contribution in [-0.2, 0) is 23.0 Å². The minimum Gasteiger partial charge on any atom is -0.497 e. The van der Waals surface area contributed by atoms with Crippen molar-refractivity contribution < 1.29 is 14.2 Å². The zero-order valence-electron chi connectivity index (χ0n) is 19.9. The molecular formula is C30H31NO3. The molecule has 2 heterocycles. The molecule has 1 saturated heterocycles.